The molecule has 1 fully saturated rings. The minimum absolute atomic E-state index is 0.0167. The van der Waals surface area contributed by atoms with Crippen molar-refractivity contribution in [1.82, 2.24) is 10.6 Å². The summed E-state index contributed by atoms with van der Waals surface area (Å²) in [6.45, 7) is 3.19. The van der Waals surface area contributed by atoms with Gasteiger partial charge in [0.05, 0.1) is 6.10 Å². The Morgan fingerprint density at radius 2 is 1.81 bits per heavy atom. The standard InChI is InChI=1S/C10H18F2N2O2/c1-10(2,3)7(15)8-13-4-6(5-14-8)16-9(11)12/h6,8-9,13-14H,4-5H2,1-3H3. The molecule has 2 N–H and O–H groups in total. The molecule has 0 aliphatic carbocycles. The maximum atomic E-state index is 11.9. The molecule has 0 unspecified atom stereocenters. The second-order valence-electron chi connectivity index (χ2n) is 4.88. The molecule has 0 bridgehead atoms. The minimum Gasteiger partial charge on any atom is -0.317 e. The molecule has 0 saturated carbocycles. The molecule has 6 heteroatoms. The van der Waals surface area contributed by atoms with Crippen LogP contribution in [0.25, 0.3) is 0 Å². The molecular weight excluding hydrogens is 218 g/mol. The average molecular weight is 236 g/mol. The highest BCUT2D eigenvalue weighted by Gasteiger charge is 2.33. The fraction of sp³-hybridized carbons (Fsp3) is 0.900. The van der Waals surface area contributed by atoms with Crippen molar-refractivity contribution in [2.45, 2.75) is 39.7 Å². The van der Waals surface area contributed by atoms with E-state index in [0.29, 0.717) is 0 Å². The van der Waals surface area contributed by atoms with Crippen molar-refractivity contribution in [2.24, 2.45) is 5.41 Å². The number of Topliss-reactive ketones (excluding diaryl/α,β-unsaturated/α-hetero) is 1. The molecule has 0 amide bonds. The molecule has 1 aliphatic heterocycles. The van der Waals surface area contributed by atoms with Gasteiger partial charge in [0.2, 0.25) is 0 Å². The first-order chi connectivity index (χ1) is 7.30. The normalized spacial score (nSPS) is 27.1. The van der Waals surface area contributed by atoms with Gasteiger partial charge in [-0.25, -0.2) is 0 Å². The summed E-state index contributed by atoms with van der Waals surface area (Å²) in [4.78, 5) is 11.8. The molecule has 0 aromatic carbocycles. The summed E-state index contributed by atoms with van der Waals surface area (Å²) in [6.07, 6.45) is -1.07. The predicted molar refractivity (Wildman–Crippen MR) is 55.1 cm³/mol. The lowest BCUT2D eigenvalue weighted by atomic mass is 9.88. The maximum absolute atomic E-state index is 11.9. The van der Waals surface area contributed by atoms with Crippen LogP contribution in [0.5, 0.6) is 0 Å². The van der Waals surface area contributed by atoms with Crippen molar-refractivity contribution in [3.63, 3.8) is 0 Å². The summed E-state index contributed by atoms with van der Waals surface area (Å²) in [6, 6.07) is 0. The minimum atomic E-state index is -2.77. The van der Waals surface area contributed by atoms with Gasteiger partial charge in [0.25, 0.3) is 0 Å². The second-order valence-corrected chi connectivity index (χ2v) is 4.88. The number of alkyl halides is 2. The first-order valence-corrected chi connectivity index (χ1v) is 5.25. The Morgan fingerprint density at radius 3 is 2.19 bits per heavy atom. The van der Waals surface area contributed by atoms with E-state index in [2.05, 4.69) is 15.4 Å². The molecular formula is C10H18F2N2O2. The summed E-state index contributed by atoms with van der Waals surface area (Å²) >= 11 is 0. The topological polar surface area (TPSA) is 50.4 Å². The Bertz CT molecular complexity index is 246. The van der Waals surface area contributed by atoms with Crippen molar-refractivity contribution in [1.29, 1.82) is 0 Å². The summed E-state index contributed by atoms with van der Waals surface area (Å²) < 4.78 is 28.2. The van der Waals surface area contributed by atoms with Crippen molar-refractivity contribution in [3.8, 4) is 0 Å². The van der Waals surface area contributed by atoms with E-state index in [1.165, 1.54) is 0 Å². The van der Waals surface area contributed by atoms with Crippen LogP contribution in [0.15, 0.2) is 0 Å². The molecule has 4 nitrogen and oxygen atoms in total. The van der Waals surface area contributed by atoms with Gasteiger partial charge in [-0.3, -0.25) is 15.4 Å². The Kier molecular flexibility index (Phi) is 4.35. The molecule has 94 valence electrons. The van der Waals surface area contributed by atoms with Crippen LogP contribution in [0.4, 0.5) is 8.78 Å². The molecule has 0 atom stereocenters. The Morgan fingerprint density at radius 1 is 1.31 bits per heavy atom. The number of hydrogen-bond acceptors (Lipinski definition) is 4. The van der Waals surface area contributed by atoms with E-state index in [0.717, 1.165) is 0 Å². The largest absolute Gasteiger partial charge is 0.345 e. The number of halogens is 2. The molecule has 0 spiro atoms. The molecule has 0 radical (unpaired) electrons. The molecule has 0 aromatic rings. The van der Waals surface area contributed by atoms with Crippen LogP contribution in [0, 0.1) is 5.41 Å². The van der Waals surface area contributed by atoms with Crippen molar-refractivity contribution >= 4 is 5.78 Å². The summed E-state index contributed by atoms with van der Waals surface area (Å²) in [5, 5.41) is 5.72. The highest BCUT2D eigenvalue weighted by Crippen LogP contribution is 2.17. The molecule has 16 heavy (non-hydrogen) atoms. The zero-order valence-electron chi connectivity index (χ0n) is 9.72. The van der Waals surface area contributed by atoms with Crippen LogP contribution in [0.1, 0.15) is 20.8 Å². The van der Waals surface area contributed by atoms with Crippen LogP contribution >= 0.6 is 0 Å². The second kappa shape index (κ2) is 5.16. The molecule has 1 aliphatic rings. The van der Waals surface area contributed by atoms with Gasteiger partial charge in [-0.05, 0) is 0 Å². The van der Waals surface area contributed by atoms with Crippen molar-refractivity contribution in [3.05, 3.63) is 0 Å². The van der Waals surface area contributed by atoms with E-state index < -0.39 is 24.3 Å². The van der Waals surface area contributed by atoms with Gasteiger partial charge in [0, 0.05) is 18.5 Å². The molecule has 0 aromatic heterocycles. The fourth-order valence-electron chi connectivity index (χ4n) is 1.50. The summed E-state index contributed by atoms with van der Waals surface area (Å²) in [5.41, 5.74) is -0.457. The zero-order valence-corrected chi connectivity index (χ0v) is 9.72. The monoisotopic (exact) mass is 236 g/mol. The Hall–Kier alpha value is -0.590. The van der Waals surface area contributed by atoms with E-state index in [9.17, 15) is 13.6 Å². The Labute approximate surface area is 93.7 Å². The van der Waals surface area contributed by atoms with Crippen molar-refractivity contribution < 1.29 is 18.3 Å². The molecule has 1 rings (SSSR count). The van der Waals surface area contributed by atoms with Gasteiger partial charge in [-0.2, -0.15) is 8.78 Å². The van der Waals surface area contributed by atoms with Gasteiger partial charge in [0.1, 0.15) is 6.17 Å². The number of rotatable bonds is 3. The third-order valence-corrected chi connectivity index (χ3v) is 2.40. The van der Waals surface area contributed by atoms with Crippen LogP contribution in [-0.4, -0.2) is 37.8 Å². The van der Waals surface area contributed by atoms with E-state index in [1.54, 1.807) is 0 Å². The van der Waals surface area contributed by atoms with Crippen LogP contribution in [-0.2, 0) is 9.53 Å². The lowest BCUT2D eigenvalue weighted by Gasteiger charge is -2.33. The van der Waals surface area contributed by atoms with E-state index in [4.69, 9.17) is 0 Å². The summed E-state index contributed by atoms with van der Waals surface area (Å²) in [7, 11) is 0. The SMILES string of the molecule is CC(C)(C)C(=O)C1NCC(OC(F)F)CN1. The number of nitrogens with one attached hydrogen (secondary N) is 2. The highest BCUT2D eigenvalue weighted by atomic mass is 19.3. The van der Waals surface area contributed by atoms with E-state index in [1.807, 2.05) is 20.8 Å². The third kappa shape index (κ3) is 3.77. The zero-order chi connectivity index (χ0) is 12.3. The predicted octanol–water partition coefficient (Wildman–Crippen LogP) is 0.728. The smallest absolute Gasteiger partial charge is 0.317 e. The number of ketones is 1. The number of hydrogen-bond donors (Lipinski definition) is 2. The lowest BCUT2D eigenvalue weighted by molar-refractivity contribution is -0.166. The highest BCUT2D eigenvalue weighted by molar-refractivity contribution is 5.88. The first-order valence-electron chi connectivity index (χ1n) is 5.25. The van der Waals surface area contributed by atoms with Crippen LogP contribution < -0.4 is 10.6 Å². The van der Waals surface area contributed by atoms with Crippen LogP contribution in [0.3, 0.4) is 0 Å². The van der Waals surface area contributed by atoms with Gasteiger partial charge in [-0.1, -0.05) is 20.8 Å². The fourth-order valence-corrected chi connectivity index (χ4v) is 1.50. The number of carbonyl (C=O) groups is 1. The quantitative estimate of drug-likeness (QED) is 0.758. The van der Waals surface area contributed by atoms with Crippen molar-refractivity contribution in [2.75, 3.05) is 13.1 Å². The van der Waals surface area contributed by atoms with Gasteiger partial charge in [-0.15, -0.1) is 0 Å². The maximum Gasteiger partial charge on any atom is 0.345 e. The number of carbonyl (C=O) groups excluding carboxylic acids is 1. The van der Waals surface area contributed by atoms with E-state index in [-0.39, 0.29) is 18.9 Å². The average Bonchev–Trinajstić information content (AvgIpc) is 2.15. The molecule has 1 saturated heterocycles. The number of ether oxygens (including phenoxy) is 1. The molecule has 1 heterocycles. The third-order valence-electron chi connectivity index (χ3n) is 2.40. The van der Waals surface area contributed by atoms with Gasteiger partial charge >= 0.3 is 6.61 Å². The summed E-state index contributed by atoms with van der Waals surface area (Å²) in [5.74, 6) is 0.0167. The van der Waals surface area contributed by atoms with Gasteiger partial charge < -0.3 is 4.74 Å². The Balaban J connectivity index is 2.40. The van der Waals surface area contributed by atoms with Gasteiger partial charge in [0.15, 0.2) is 5.78 Å². The first kappa shape index (κ1) is 13.5. The lowest BCUT2D eigenvalue weighted by Crippen LogP contribution is -2.61. The van der Waals surface area contributed by atoms with Crippen LogP contribution in [0.2, 0.25) is 0 Å². The van der Waals surface area contributed by atoms with E-state index >= 15 is 0 Å².